The molecule has 0 bridgehead atoms. The molecular formula is C10H20O6. The topological polar surface area (TPSA) is 115 Å². The third-order valence-corrected chi connectivity index (χ3v) is 1.09. The van der Waals surface area contributed by atoms with Crippen molar-refractivity contribution in [2.24, 2.45) is 0 Å². The lowest BCUT2D eigenvalue weighted by atomic mass is 10.4. The Morgan fingerprint density at radius 1 is 1.31 bits per heavy atom. The molecule has 0 spiro atoms. The van der Waals surface area contributed by atoms with E-state index in [9.17, 15) is 9.59 Å². The zero-order valence-electron chi connectivity index (χ0n) is 9.59. The van der Waals surface area contributed by atoms with Crippen LogP contribution in [-0.2, 0) is 9.59 Å². The number of aliphatic hydroxyl groups excluding tert-OH is 3. The number of Topliss-reactive ketones (excluding diaryl/α,β-unsaturated/α-hetero) is 1. The molecule has 0 aromatic carbocycles. The average Bonchev–Trinajstić information content (AvgIpc) is 2.29. The molecule has 0 heterocycles. The normalized spacial score (nSPS) is 8.12. The van der Waals surface area contributed by atoms with Gasteiger partial charge in [-0.15, -0.1) is 0 Å². The molecule has 0 radical (unpaired) electrons. The molecule has 96 valence electrons. The number of hydrogen-bond donors (Lipinski definition) is 4. The van der Waals surface area contributed by atoms with Gasteiger partial charge in [-0.25, -0.2) is 4.79 Å². The third kappa shape index (κ3) is 38.6. The molecule has 0 amide bonds. The van der Waals surface area contributed by atoms with Gasteiger partial charge in [0.05, 0.1) is 13.2 Å². The Balaban J connectivity index is -0.000000160. The highest BCUT2D eigenvalue weighted by Gasteiger charge is 1.93. The summed E-state index contributed by atoms with van der Waals surface area (Å²) >= 11 is 0. The molecule has 0 aromatic heterocycles. The first-order valence-electron chi connectivity index (χ1n) is 4.60. The Kier molecular flexibility index (Phi) is 20.5. The molecule has 0 saturated carbocycles. The van der Waals surface area contributed by atoms with Crippen LogP contribution >= 0.6 is 0 Å². The number of carbonyl (C=O) groups excluding carboxylic acids is 1. The summed E-state index contributed by atoms with van der Waals surface area (Å²) in [5.41, 5.74) is 0. The molecule has 0 aliphatic carbocycles. The lowest BCUT2D eigenvalue weighted by Gasteiger charge is -1.96. The molecule has 0 saturated heterocycles. The van der Waals surface area contributed by atoms with Crippen LogP contribution in [0.3, 0.4) is 0 Å². The van der Waals surface area contributed by atoms with Crippen LogP contribution in [0.2, 0.25) is 0 Å². The van der Waals surface area contributed by atoms with Gasteiger partial charge < -0.3 is 25.2 Å². The first kappa shape index (κ1) is 20.2. The number of carbonyl (C=O) groups is 2. The minimum Gasteiger partial charge on any atom is -0.478 e. The number of aliphatic hydroxyl groups is 3. The van der Waals surface area contributed by atoms with Gasteiger partial charge in [0.15, 0.2) is 0 Å². The van der Waals surface area contributed by atoms with Crippen LogP contribution in [-0.4, -0.2) is 51.5 Å². The van der Waals surface area contributed by atoms with E-state index in [2.05, 4.69) is 6.58 Å². The van der Waals surface area contributed by atoms with Crippen LogP contribution in [0.15, 0.2) is 12.7 Å². The average molecular weight is 236 g/mol. The molecule has 0 aliphatic heterocycles. The van der Waals surface area contributed by atoms with Gasteiger partial charge in [0.2, 0.25) is 0 Å². The van der Waals surface area contributed by atoms with E-state index in [1.807, 2.05) is 6.92 Å². The van der Waals surface area contributed by atoms with Crippen LogP contribution in [0.4, 0.5) is 0 Å². The molecule has 0 fully saturated rings. The molecule has 6 nitrogen and oxygen atoms in total. The predicted octanol–water partition coefficient (Wildman–Crippen LogP) is -0.426. The maximum atomic E-state index is 9.81. The minimum atomic E-state index is -0.981. The zero-order valence-corrected chi connectivity index (χ0v) is 9.59. The van der Waals surface area contributed by atoms with E-state index in [1.165, 1.54) is 0 Å². The van der Waals surface area contributed by atoms with Gasteiger partial charge in [-0.05, 0) is 6.92 Å². The quantitative estimate of drug-likeness (QED) is 0.492. The van der Waals surface area contributed by atoms with Crippen LogP contribution in [0.25, 0.3) is 0 Å². The fourth-order valence-corrected chi connectivity index (χ4v) is 0.0577. The van der Waals surface area contributed by atoms with Crippen molar-refractivity contribution in [1.82, 2.24) is 0 Å². The van der Waals surface area contributed by atoms with Crippen molar-refractivity contribution in [3.63, 3.8) is 0 Å². The summed E-state index contributed by atoms with van der Waals surface area (Å²) < 4.78 is 0. The molecule has 4 N–H and O–H groups in total. The summed E-state index contributed by atoms with van der Waals surface area (Å²) in [5.74, 6) is -0.727. The van der Waals surface area contributed by atoms with Crippen molar-refractivity contribution in [1.29, 1.82) is 0 Å². The summed E-state index contributed by atoms with van der Waals surface area (Å²) in [4.78, 5) is 19.1. The zero-order chi connectivity index (χ0) is 13.6. The Labute approximate surface area is 94.8 Å². The number of hydrogen-bond acceptors (Lipinski definition) is 5. The maximum absolute atomic E-state index is 9.81. The van der Waals surface area contributed by atoms with E-state index in [0.29, 0.717) is 6.42 Å². The lowest BCUT2D eigenvalue weighted by molar-refractivity contribution is -0.131. The lowest BCUT2D eigenvalue weighted by Crippen LogP contribution is -2.15. The van der Waals surface area contributed by atoms with Crippen molar-refractivity contribution in [3.8, 4) is 0 Å². The minimum absolute atomic E-state index is 0.255. The molecule has 0 aromatic rings. The summed E-state index contributed by atoms with van der Waals surface area (Å²) in [6.07, 6.45) is 0.546. The molecular weight excluding hydrogens is 216 g/mol. The van der Waals surface area contributed by atoms with Crippen molar-refractivity contribution < 1.29 is 30.0 Å². The molecule has 16 heavy (non-hydrogen) atoms. The summed E-state index contributed by atoms with van der Waals surface area (Å²) in [7, 11) is 0. The van der Waals surface area contributed by atoms with Gasteiger partial charge in [0, 0.05) is 12.5 Å². The number of ketones is 1. The van der Waals surface area contributed by atoms with Crippen molar-refractivity contribution in [2.75, 3.05) is 13.2 Å². The number of aliphatic carboxylic acids is 1. The van der Waals surface area contributed by atoms with E-state index in [0.717, 1.165) is 6.08 Å². The highest BCUT2D eigenvalue weighted by Crippen LogP contribution is 1.72. The van der Waals surface area contributed by atoms with Crippen LogP contribution in [0.1, 0.15) is 20.3 Å². The van der Waals surface area contributed by atoms with E-state index < -0.39 is 12.1 Å². The van der Waals surface area contributed by atoms with Crippen molar-refractivity contribution >= 4 is 11.8 Å². The number of carboxylic acid groups (broad SMARTS) is 1. The van der Waals surface area contributed by atoms with Crippen LogP contribution in [0, 0.1) is 0 Å². The molecule has 0 aliphatic rings. The van der Waals surface area contributed by atoms with Gasteiger partial charge in [-0.3, -0.25) is 0 Å². The second kappa shape index (κ2) is 16.2. The molecule has 6 heteroatoms. The summed E-state index contributed by atoms with van der Waals surface area (Å²) in [6.45, 7) is 5.66. The summed E-state index contributed by atoms with van der Waals surface area (Å²) in [6, 6.07) is 0. The van der Waals surface area contributed by atoms with Gasteiger partial charge in [-0.2, -0.15) is 0 Å². The smallest absolute Gasteiger partial charge is 0.327 e. The largest absolute Gasteiger partial charge is 0.478 e. The highest BCUT2D eigenvalue weighted by atomic mass is 16.4. The van der Waals surface area contributed by atoms with Gasteiger partial charge in [0.1, 0.15) is 11.9 Å². The predicted molar refractivity (Wildman–Crippen MR) is 59.0 cm³/mol. The standard InChI is InChI=1S/C4H8O.C3H8O3.C3H4O2/c1-3-4(2)5;4-1-3(6)2-5;1-2-3(4)5/h3H2,1-2H3;3-6H,1-2H2;2H,1H2,(H,4,5). The Hall–Kier alpha value is -1.24. The van der Waals surface area contributed by atoms with E-state index in [-0.39, 0.29) is 19.0 Å². The third-order valence-electron chi connectivity index (χ3n) is 1.09. The van der Waals surface area contributed by atoms with Crippen LogP contribution < -0.4 is 0 Å². The first-order chi connectivity index (χ1) is 7.35. The molecule has 0 atom stereocenters. The van der Waals surface area contributed by atoms with Crippen molar-refractivity contribution in [2.45, 2.75) is 26.4 Å². The maximum Gasteiger partial charge on any atom is 0.327 e. The van der Waals surface area contributed by atoms with Crippen LogP contribution in [0.5, 0.6) is 0 Å². The second-order valence-corrected chi connectivity index (χ2v) is 2.62. The molecule has 0 rings (SSSR count). The van der Waals surface area contributed by atoms with Crippen molar-refractivity contribution in [3.05, 3.63) is 12.7 Å². The first-order valence-corrected chi connectivity index (χ1v) is 4.60. The van der Waals surface area contributed by atoms with Gasteiger partial charge in [-0.1, -0.05) is 13.5 Å². The SMILES string of the molecule is C=CC(=O)O.CCC(C)=O.OCC(O)CO. The van der Waals surface area contributed by atoms with E-state index in [1.54, 1.807) is 6.92 Å². The van der Waals surface area contributed by atoms with Gasteiger partial charge in [0.25, 0.3) is 0 Å². The number of carboxylic acids is 1. The monoisotopic (exact) mass is 236 g/mol. The fourth-order valence-electron chi connectivity index (χ4n) is 0.0577. The summed E-state index contributed by atoms with van der Waals surface area (Å²) in [5, 5.41) is 31.6. The highest BCUT2D eigenvalue weighted by molar-refractivity contribution is 5.78. The second-order valence-electron chi connectivity index (χ2n) is 2.62. The number of rotatable bonds is 4. The Bertz CT molecular complexity index is 186. The van der Waals surface area contributed by atoms with E-state index >= 15 is 0 Å². The molecule has 0 unspecified atom stereocenters. The Morgan fingerprint density at radius 3 is 1.56 bits per heavy atom. The Morgan fingerprint density at radius 2 is 1.56 bits per heavy atom. The fraction of sp³-hybridized carbons (Fsp3) is 0.600. The van der Waals surface area contributed by atoms with Gasteiger partial charge >= 0.3 is 5.97 Å². The van der Waals surface area contributed by atoms with E-state index in [4.69, 9.17) is 20.4 Å².